The van der Waals surface area contributed by atoms with Crippen molar-refractivity contribution in [3.8, 4) is 0 Å². The van der Waals surface area contributed by atoms with E-state index < -0.39 is 41.6 Å². The van der Waals surface area contributed by atoms with Gasteiger partial charge >= 0.3 is 30.1 Å². The Morgan fingerprint density at radius 1 is 0.800 bits per heavy atom. The first kappa shape index (κ1) is 19.3. The van der Waals surface area contributed by atoms with Gasteiger partial charge in [0.15, 0.2) is 0 Å². The Hall–Kier alpha value is -1.98. The van der Waals surface area contributed by atoms with Crippen molar-refractivity contribution in [1.29, 1.82) is 0 Å². The lowest BCUT2D eigenvalue weighted by molar-refractivity contribution is -0.294. The highest BCUT2D eigenvalue weighted by Crippen LogP contribution is 2.49. The SMILES string of the molecule is FC(F)(F)C1=NC(C(F)(F)F)(C(F)(F)F)N=C(c2ccc(Cl)cc2)O1. The Kier molecular flexibility index (Phi) is 4.47. The Morgan fingerprint density at radius 2 is 1.28 bits per heavy atom. The summed E-state index contributed by atoms with van der Waals surface area (Å²) in [5, 5.41) is 0.0303. The molecule has 0 unspecified atom stereocenters. The molecule has 0 spiro atoms. The molecule has 1 aliphatic rings. The molecule has 0 saturated heterocycles. The molecule has 0 radical (unpaired) electrons. The number of alkyl halides is 9. The van der Waals surface area contributed by atoms with Crippen LogP contribution in [0.3, 0.4) is 0 Å². The van der Waals surface area contributed by atoms with E-state index in [4.69, 9.17) is 11.6 Å². The molecule has 0 aromatic heterocycles. The first-order valence-corrected chi connectivity index (χ1v) is 6.39. The van der Waals surface area contributed by atoms with E-state index in [-0.39, 0.29) is 5.02 Å². The molecule has 0 aliphatic carbocycles. The van der Waals surface area contributed by atoms with Gasteiger partial charge < -0.3 is 4.74 Å². The molecule has 1 aromatic carbocycles. The quantitative estimate of drug-likeness (QED) is 0.620. The van der Waals surface area contributed by atoms with Crippen molar-refractivity contribution in [3.63, 3.8) is 0 Å². The van der Waals surface area contributed by atoms with E-state index in [9.17, 15) is 39.5 Å². The van der Waals surface area contributed by atoms with Crippen LogP contribution in [0.25, 0.3) is 0 Å². The molecule has 1 aromatic rings. The Labute approximate surface area is 137 Å². The molecule has 138 valence electrons. The average Bonchev–Trinajstić information content (AvgIpc) is 2.44. The third kappa shape index (κ3) is 3.53. The van der Waals surface area contributed by atoms with Crippen LogP contribution in [0, 0.1) is 0 Å². The molecule has 1 aliphatic heterocycles. The number of rotatable bonds is 1. The Bertz CT molecular complexity index is 702. The van der Waals surface area contributed by atoms with Crippen LogP contribution in [0.15, 0.2) is 34.3 Å². The van der Waals surface area contributed by atoms with E-state index in [0.29, 0.717) is 0 Å². The van der Waals surface area contributed by atoms with Crippen molar-refractivity contribution in [3.05, 3.63) is 34.9 Å². The monoisotopic (exact) mass is 398 g/mol. The maximum Gasteiger partial charge on any atom is 0.468 e. The van der Waals surface area contributed by atoms with Gasteiger partial charge in [-0.05, 0) is 24.3 Å². The fraction of sp³-hybridized carbons (Fsp3) is 0.333. The fourth-order valence-corrected chi connectivity index (χ4v) is 1.83. The van der Waals surface area contributed by atoms with Crippen molar-refractivity contribution < 1.29 is 44.3 Å². The number of aliphatic imine (C=N–C) groups is 2. The summed E-state index contributed by atoms with van der Waals surface area (Å²) >= 11 is 5.51. The second-order valence-corrected chi connectivity index (χ2v) is 5.04. The molecule has 0 atom stereocenters. The van der Waals surface area contributed by atoms with E-state index in [1.165, 1.54) is 0 Å². The molecular weight excluding hydrogens is 395 g/mol. The molecule has 13 heteroatoms. The first-order chi connectivity index (χ1) is 11.2. The summed E-state index contributed by atoms with van der Waals surface area (Å²) < 4.78 is 120. The number of nitrogens with zero attached hydrogens (tertiary/aromatic N) is 2. The highest BCUT2D eigenvalue weighted by atomic mass is 35.5. The van der Waals surface area contributed by atoms with E-state index in [1.807, 2.05) is 0 Å². The van der Waals surface area contributed by atoms with E-state index in [0.717, 1.165) is 24.3 Å². The van der Waals surface area contributed by atoms with Crippen LogP contribution in [0.4, 0.5) is 39.5 Å². The predicted octanol–water partition coefficient (Wildman–Crippen LogP) is 4.90. The highest BCUT2D eigenvalue weighted by Gasteiger charge is 2.74. The topological polar surface area (TPSA) is 34.0 Å². The van der Waals surface area contributed by atoms with Gasteiger partial charge in [-0.25, -0.2) is 4.99 Å². The normalized spacial score (nSPS) is 18.3. The van der Waals surface area contributed by atoms with E-state index in [2.05, 4.69) is 9.73 Å². The van der Waals surface area contributed by atoms with E-state index in [1.54, 1.807) is 4.99 Å². The minimum absolute atomic E-state index is 0.0303. The summed E-state index contributed by atoms with van der Waals surface area (Å²) in [6.45, 7) is 0. The third-order valence-corrected chi connectivity index (χ3v) is 3.10. The number of hydrogen-bond donors (Lipinski definition) is 0. The van der Waals surface area contributed by atoms with Gasteiger partial charge in [0.2, 0.25) is 5.90 Å². The molecule has 0 amide bonds. The molecule has 3 nitrogen and oxygen atoms in total. The standard InChI is InChI=1S/C12H4ClF9N2O/c13-6-3-1-5(2-4-6)7-23-10(11(17,18)19,12(20,21)22)24-8(25-7)9(14,15)16/h1-4H. The number of ether oxygens (including phenoxy) is 1. The second-order valence-electron chi connectivity index (χ2n) is 4.61. The largest absolute Gasteiger partial charge is 0.468 e. The van der Waals surface area contributed by atoms with Crippen LogP contribution in [-0.2, 0) is 4.74 Å². The molecule has 25 heavy (non-hydrogen) atoms. The summed E-state index contributed by atoms with van der Waals surface area (Å²) in [6, 6.07) is 3.73. The maximum absolute atomic E-state index is 13.0. The molecule has 0 saturated carbocycles. The molecule has 0 fully saturated rings. The van der Waals surface area contributed by atoms with Gasteiger partial charge in [-0.15, -0.1) is 0 Å². The second kappa shape index (κ2) is 5.78. The minimum atomic E-state index is -6.30. The fourth-order valence-electron chi connectivity index (χ4n) is 1.71. The molecule has 0 N–H and O–H groups in total. The van der Waals surface area contributed by atoms with Crippen molar-refractivity contribution in [2.24, 2.45) is 9.98 Å². The van der Waals surface area contributed by atoms with Gasteiger partial charge in [-0.3, -0.25) is 0 Å². The summed E-state index contributed by atoms with van der Waals surface area (Å²) in [6.07, 6.45) is -18.3. The van der Waals surface area contributed by atoms with Crippen molar-refractivity contribution in [2.45, 2.75) is 24.2 Å². The average molecular weight is 399 g/mol. The van der Waals surface area contributed by atoms with Crippen molar-refractivity contribution >= 4 is 23.4 Å². The van der Waals surface area contributed by atoms with Gasteiger partial charge in [0, 0.05) is 10.6 Å². The van der Waals surface area contributed by atoms with Gasteiger partial charge in [0.25, 0.3) is 0 Å². The Balaban J connectivity index is 2.74. The first-order valence-electron chi connectivity index (χ1n) is 6.01. The molecule has 1 heterocycles. The van der Waals surface area contributed by atoms with Crippen molar-refractivity contribution in [2.75, 3.05) is 0 Å². The summed E-state index contributed by atoms with van der Waals surface area (Å²) in [5.41, 5.74) is -5.93. The minimum Gasteiger partial charge on any atom is -0.416 e. The van der Waals surface area contributed by atoms with Crippen LogP contribution in [-0.4, -0.2) is 36.0 Å². The number of halogens is 10. The van der Waals surface area contributed by atoms with Crippen LogP contribution in [0.5, 0.6) is 0 Å². The molecule has 0 bridgehead atoms. The number of hydrogen-bond acceptors (Lipinski definition) is 3. The zero-order valence-corrected chi connectivity index (χ0v) is 12.1. The van der Waals surface area contributed by atoms with Gasteiger partial charge in [-0.1, -0.05) is 11.6 Å². The summed E-state index contributed by atoms with van der Waals surface area (Å²) in [7, 11) is 0. The van der Waals surface area contributed by atoms with E-state index >= 15 is 0 Å². The lowest BCUT2D eigenvalue weighted by Gasteiger charge is -2.34. The zero-order valence-electron chi connectivity index (χ0n) is 11.4. The van der Waals surface area contributed by atoms with Gasteiger partial charge in [-0.2, -0.15) is 44.5 Å². The Morgan fingerprint density at radius 3 is 1.68 bits per heavy atom. The lowest BCUT2D eigenvalue weighted by Crippen LogP contribution is -2.57. The predicted molar refractivity (Wildman–Crippen MR) is 67.4 cm³/mol. The van der Waals surface area contributed by atoms with Crippen molar-refractivity contribution in [1.82, 2.24) is 0 Å². The van der Waals surface area contributed by atoms with Crippen LogP contribution >= 0.6 is 11.6 Å². The molecule has 2 rings (SSSR count). The van der Waals surface area contributed by atoms with Gasteiger partial charge in [0.05, 0.1) is 0 Å². The maximum atomic E-state index is 13.0. The van der Waals surface area contributed by atoms with Crippen LogP contribution < -0.4 is 0 Å². The summed E-state index contributed by atoms with van der Waals surface area (Å²) in [4.78, 5) is 4.06. The highest BCUT2D eigenvalue weighted by molar-refractivity contribution is 6.30. The van der Waals surface area contributed by atoms with Crippen LogP contribution in [0.2, 0.25) is 5.02 Å². The number of benzene rings is 1. The van der Waals surface area contributed by atoms with Crippen LogP contribution in [0.1, 0.15) is 5.56 Å². The zero-order chi connectivity index (χ0) is 19.3. The molecular formula is C12H4ClF9N2O. The summed E-state index contributed by atoms with van der Waals surface area (Å²) in [5.74, 6) is -4.27. The van der Waals surface area contributed by atoms with Gasteiger partial charge in [0.1, 0.15) is 0 Å². The smallest absolute Gasteiger partial charge is 0.416 e. The third-order valence-electron chi connectivity index (χ3n) is 2.84. The lowest BCUT2D eigenvalue weighted by atomic mass is 10.1.